The van der Waals surface area contributed by atoms with Gasteiger partial charge in [0.2, 0.25) is 11.0 Å². The lowest BCUT2D eigenvalue weighted by atomic mass is 10.1. The maximum atomic E-state index is 12.2. The zero-order chi connectivity index (χ0) is 19.8. The number of carbonyl (C=O) groups is 1. The quantitative estimate of drug-likeness (QED) is 0.404. The Labute approximate surface area is 172 Å². The molecule has 1 N–H and O–H groups in total. The van der Waals surface area contributed by atoms with Gasteiger partial charge in [-0.15, -0.1) is 27.0 Å². The molecular weight excluding hydrogens is 392 g/mol. The lowest BCUT2D eigenvalue weighted by Gasteiger charge is -2.07. The first kappa shape index (κ1) is 20.2. The van der Waals surface area contributed by atoms with Gasteiger partial charge in [-0.05, 0) is 18.4 Å². The standard InChI is InChI=1S/C19H22N6OS2/c1-3-12-25-15(11-10-14-8-6-5-7-9-14)21-24-19(25)27-13-16(26)20-18-23-22-17(4-2)28-18/h3,5-9H,1,4,10-13H2,2H3,(H,20,23,26). The van der Waals surface area contributed by atoms with Gasteiger partial charge in [0.1, 0.15) is 10.8 Å². The average molecular weight is 415 g/mol. The van der Waals surface area contributed by atoms with Gasteiger partial charge in [0.25, 0.3) is 0 Å². The van der Waals surface area contributed by atoms with Gasteiger partial charge in [0.05, 0.1) is 5.75 Å². The van der Waals surface area contributed by atoms with Crippen LogP contribution in [0.15, 0.2) is 48.1 Å². The van der Waals surface area contributed by atoms with Crippen molar-refractivity contribution in [3.05, 3.63) is 59.4 Å². The molecule has 2 heterocycles. The number of hydrogen-bond donors (Lipinski definition) is 1. The van der Waals surface area contributed by atoms with Crippen molar-refractivity contribution in [3.63, 3.8) is 0 Å². The van der Waals surface area contributed by atoms with Crippen LogP contribution in [-0.4, -0.2) is 36.6 Å². The number of nitrogens with zero attached hydrogens (tertiary/aromatic N) is 5. The van der Waals surface area contributed by atoms with Crippen molar-refractivity contribution in [2.75, 3.05) is 11.1 Å². The monoisotopic (exact) mass is 414 g/mol. The highest BCUT2D eigenvalue weighted by molar-refractivity contribution is 7.99. The second kappa shape index (κ2) is 10.1. The highest BCUT2D eigenvalue weighted by atomic mass is 32.2. The maximum absolute atomic E-state index is 12.2. The average Bonchev–Trinajstić information content (AvgIpc) is 3.32. The molecule has 0 radical (unpaired) electrons. The van der Waals surface area contributed by atoms with E-state index in [2.05, 4.69) is 44.4 Å². The minimum atomic E-state index is -0.136. The van der Waals surface area contributed by atoms with E-state index in [0.717, 1.165) is 30.1 Å². The number of allylic oxidation sites excluding steroid dienone is 1. The van der Waals surface area contributed by atoms with Crippen molar-refractivity contribution < 1.29 is 4.79 Å². The fourth-order valence-electron chi connectivity index (χ4n) is 2.56. The lowest BCUT2D eigenvalue weighted by molar-refractivity contribution is -0.113. The van der Waals surface area contributed by atoms with Crippen LogP contribution in [0.1, 0.15) is 23.3 Å². The molecule has 0 aliphatic heterocycles. The van der Waals surface area contributed by atoms with Crippen LogP contribution in [0.2, 0.25) is 0 Å². The third-order valence-electron chi connectivity index (χ3n) is 3.93. The Morgan fingerprint density at radius 2 is 2.04 bits per heavy atom. The molecule has 0 bridgehead atoms. The fraction of sp³-hybridized carbons (Fsp3) is 0.316. The largest absolute Gasteiger partial charge is 0.302 e. The number of rotatable bonds is 10. The third kappa shape index (κ3) is 5.49. The Kier molecular flexibility index (Phi) is 7.32. The minimum absolute atomic E-state index is 0.136. The maximum Gasteiger partial charge on any atom is 0.236 e. The minimum Gasteiger partial charge on any atom is -0.302 e. The van der Waals surface area contributed by atoms with Gasteiger partial charge in [-0.2, -0.15) is 0 Å². The van der Waals surface area contributed by atoms with Gasteiger partial charge in [-0.3, -0.25) is 10.1 Å². The third-order valence-corrected chi connectivity index (χ3v) is 5.88. The molecule has 0 fully saturated rings. The number of nitrogens with one attached hydrogen (secondary N) is 1. The van der Waals surface area contributed by atoms with E-state index in [4.69, 9.17) is 0 Å². The Morgan fingerprint density at radius 3 is 2.75 bits per heavy atom. The molecule has 3 rings (SSSR count). The molecule has 2 aromatic heterocycles. The van der Waals surface area contributed by atoms with Crippen LogP contribution in [0.25, 0.3) is 0 Å². The van der Waals surface area contributed by atoms with Crippen LogP contribution in [0.4, 0.5) is 5.13 Å². The molecule has 3 aromatic rings. The summed E-state index contributed by atoms with van der Waals surface area (Å²) < 4.78 is 2.01. The normalized spacial score (nSPS) is 10.8. The highest BCUT2D eigenvalue weighted by Gasteiger charge is 2.14. The summed E-state index contributed by atoms with van der Waals surface area (Å²) in [5.74, 6) is 0.987. The van der Waals surface area contributed by atoms with Crippen molar-refractivity contribution >= 4 is 34.1 Å². The summed E-state index contributed by atoms with van der Waals surface area (Å²) in [6.45, 7) is 6.43. The SMILES string of the molecule is C=CCn1c(CCc2ccccc2)nnc1SCC(=O)Nc1nnc(CC)s1. The molecule has 1 aromatic carbocycles. The number of aryl methyl sites for hydroxylation is 3. The molecule has 146 valence electrons. The molecule has 7 nitrogen and oxygen atoms in total. The topological polar surface area (TPSA) is 85.6 Å². The summed E-state index contributed by atoms with van der Waals surface area (Å²) in [4.78, 5) is 12.2. The van der Waals surface area contributed by atoms with Gasteiger partial charge in [0.15, 0.2) is 5.16 Å². The van der Waals surface area contributed by atoms with Crippen LogP contribution in [0, 0.1) is 0 Å². The second-order valence-electron chi connectivity index (χ2n) is 5.98. The number of thioether (sulfide) groups is 1. The van der Waals surface area contributed by atoms with Crippen molar-refractivity contribution in [3.8, 4) is 0 Å². The number of aromatic nitrogens is 5. The second-order valence-corrected chi connectivity index (χ2v) is 7.98. The summed E-state index contributed by atoms with van der Waals surface area (Å²) in [6, 6.07) is 10.3. The number of benzene rings is 1. The van der Waals surface area contributed by atoms with E-state index in [1.807, 2.05) is 35.8 Å². The van der Waals surface area contributed by atoms with Crippen LogP contribution < -0.4 is 5.32 Å². The molecule has 0 unspecified atom stereocenters. The van der Waals surface area contributed by atoms with Crippen LogP contribution in [0.3, 0.4) is 0 Å². The molecule has 1 amide bonds. The first-order chi connectivity index (χ1) is 13.7. The predicted octanol–water partition coefficient (Wildman–Crippen LogP) is 3.39. The van der Waals surface area contributed by atoms with E-state index in [1.54, 1.807) is 0 Å². The molecule has 9 heteroatoms. The Balaban J connectivity index is 1.59. The van der Waals surface area contributed by atoms with E-state index in [0.29, 0.717) is 16.8 Å². The molecule has 0 atom stereocenters. The smallest absolute Gasteiger partial charge is 0.236 e. The zero-order valence-electron chi connectivity index (χ0n) is 15.7. The summed E-state index contributed by atoms with van der Waals surface area (Å²) >= 11 is 2.75. The van der Waals surface area contributed by atoms with Gasteiger partial charge in [-0.1, -0.05) is 66.4 Å². The Hall–Kier alpha value is -2.52. The van der Waals surface area contributed by atoms with Gasteiger partial charge in [-0.25, -0.2) is 0 Å². The molecule has 0 aliphatic rings. The molecule has 0 spiro atoms. The Morgan fingerprint density at radius 1 is 1.21 bits per heavy atom. The van der Waals surface area contributed by atoms with Crippen LogP contribution in [-0.2, 0) is 30.6 Å². The predicted molar refractivity (Wildman–Crippen MR) is 113 cm³/mol. The Bertz CT molecular complexity index is 922. The highest BCUT2D eigenvalue weighted by Crippen LogP contribution is 2.20. The fourth-order valence-corrected chi connectivity index (χ4v) is 4.02. The number of hydrogen-bond acceptors (Lipinski definition) is 7. The van der Waals surface area contributed by atoms with Crippen LogP contribution in [0.5, 0.6) is 0 Å². The lowest BCUT2D eigenvalue weighted by Crippen LogP contribution is -2.14. The van der Waals surface area contributed by atoms with Crippen LogP contribution >= 0.6 is 23.1 Å². The summed E-state index contributed by atoms with van der Waals surface area (Å²) in [5, 5.41) is 21.5. The molecule has 28 heavy (non-hydrogen) atoms. The summed E-state index contributed by atoms with van der Waals surface area (Å²) in [6.07, 6.45) is 4.28. The number of carbonyl (C=O) groups excluding carboxylic acids is 1. The zero-order valence-corrected chi connectivity index (χ0v) is 17.3. The molecule has 0 saturated carbocycles. The van der Waals surface area contributed by atoms with Crippen molar-refractivity contribution in [2.24, 2.45) is 0 Å². The number of amides is 1. The van der Waals surface area contributed by atoms with Crippen molar-refractivity contribution in [1.29, 1.82) is 0 Å². The molecule has 0 aliphatic carbocycles. The van der Waals surface area contributed by atoms with Crippen molar-refractivity contribution in [2.45, 2.75) is 37.9 Å². The van der Waals surface area contributed by atoms with Gasteiger partial charge >= 0.3 is 0 Å². The van der Waals surface area contributed by atoms with E-state index < -0.39 is 0 Å². The van der Waals surface area contributed by atoms with E-state index in [1.165, 1.54) is 28.7 Å². The summed E-state index contributed by atoms with van der Waals surface area (Å²) in [5.41, 5.74) is 1.26. The van der Waals surface area contributed by atoms with E-state index >= 15 is 0 Å². The molecule has 0 saturated heterocycles. The van der Waals surface area contributed by atoms with Gasteiger partial charge in [0, 0.05) is 13.0 Å². The first-order valence-electron chi connectivity index (χ1n) is 9.01. The first-order valence-corrected chi connectivity index (χ1v) is 10.8. The van der Waals surface area contributed by atoms with E-state index in [-0.39, 0.29) is 11.7 Å². The van der Waals surface area contributed by atoms with Crippen molar-refractivity contribution in [1.82, 2.24) is 25.0 Å². The number of anilines is 1. The molecular formula is C19H22N6OS2. The van der Waals surface area contributed by atoms with E-state index in [9.17, 15) is 4.79 Å². The summed E-state index contributed by atoms with van der Waals surface area (Å²) in [7, 11) is 0. The van der Waals surface area contributed by atoms with Gasteiger partial charge < -0.3 is 4.57 Å².